The second kappa shape index (κ2) is 10.7. The summed E-state index contributed by atoms with van der Waals surface area (Å²) in [6.07, 6.45) is 0.0857. The fourth-order valence-corrected chi connectivity index (χ4v) is 2.82. The summed E-state index contributed by atoms with van der Waals surface area (Å²) in [5.74, 6) is -0.463. The number of rotatable bonds is 9. The molecular weight excluding hydrogens is 406 g/mol. The van der Waals surface area contributed by atoms with Gasteiger partial charge in [-0.05, 0) is 40.8 Å². The van der Waals surface area contributed by atoms with Crippen LogP contribution in [0.4, 0.5) is 8.78 Å². The molecule has 8 heteroatoms. The highest BCUT2D eigenvalue weighted by atomic mass is 19.3. The molecule has 2 aromatic rings. The predicted molar refractivity (Wildman–Crippen MR) is 114 cm³/mol. The quantitative estimate of drug-likeness (QED) is 0.625. The third-order valence-electron chi connectivity index (χ3n) is 4.58. The summed E-state index contributed by atoms with van der Waals surface area (Å²) in [5, 5.41) is 5.39. The summed E-state index contributed by atoms with van der Waals surface area (Å²) in [5.41, 5.74) is 2.23. The second-order valence-electron chi connectivity index (χ2n) is 7.97. The monoisotopic (exact) mass is 434 g/mol. The number of hydrogen-bond acceptors (Lipinski definition) is 4. The van der Waals surface area contributed by atoms with Crippen LogP contribution in [0.2, 0.25) is 0 Å². The lowest BCUT2D eigenvalue weighted by Gasteiger charge is -2.19. The summed E-state index contributed by atoms with van der Waals surface area (Å²) >= 11 is 0. The van der Waals surface area contributed by atoms with Gasteiger partial charge in [-0.25, -0.2) is 0 Å². The van der Waals surface area contributed by atoms with Gasteiger partial charge in [-0.3, -0.25) is 9.59 Å². The predicted octanol–water partition coefficient (Wildman–Crippen LogP) is 4.03. The molecule has 0 atom stereocenters. The minimum Gasteiger partial charge on any atom is -0.493 e. The van der Waals surface area contributed by atoms with Crippen molar-refractivity contribution in [1.29, 1.82) is 0 Å². The molecule has 0 saturated carbocycles. The van der Waals surface area contributed by atoms with Crippen molar-refractivity contribution < 1.29 is 27.8 Å². The zero-order valence-corrected chi connectivity index (χ0v) is 18.1. The van der Waals surface area contributed by atoms with E-state index in [9.17, 15) is 18.4 Å². The number of ether oxygens (including phenoxy) is 2. The van der Waals surface area contributed by atoms with E-state index in [0.717, 1.165) is 5.56 Å². The van der Waals surface area contributed by atoms with Gasteiger partial charge in [0.1, 0.15) is 0 Å². The van der Waals surface area contributed by atoms with Gasteiger partial charge in [0.2, 0.25) is 5.91 Å². The number of carbonyl (C=O) groups is 2. The van der Waals surface area contributed by atoms with Crippen molar-refractivity contribution in [3.05, 3.63) is 59.2 Å². The Balaban J connectivity index is 1.80. The van der Waals surface area contributed by atoms with E-state index in [2.05, 4.69) is 36.1 Å². The Morgan fingerprint density at radius 3 is 2.26 bits per heavy atom. The molecule has 0 aliphatic carbocycles. The lowest BCUT2D eigenvalue weighted by Crippen LogP contribution is -2.30. The lowest BCUT2D eigenvalue weighted by atomic mass is 9.87. The molecule has 0 heterocycles. The largest absolute Gasteiger partial charge is 0.493 e. The van der Waals surface area contributed by atoms with Gasteiger partial charge in [0.05, 0.1) is 7.11 Å². The van der Waals surface area contributed by atoms with E-state index < -0.39 is 6.61 Å². The molecule has 2 amide bonds. The third-order valence-corrected chi connectivity index (χ3v) is 4.58. The summed E-state index contributed by atoms with van der Waals surface area (Å²) in [6.45, 7) is 3.61. The highest BCUT2D eigenvalue weighted by Crippen LogP contribution is 2.29. The number of benzene rings is 2. The molecule has 31 heavy (non-hydrogen) atoms. The summed E-state index contributed by atoms with van der Waals surface area (Å²) < 4.78 is 34.4. The van der Waals surface area contributed by atoms with E-state index in [1.807, 2.05) is 12.1 Å². The standard InChI is InChI=1S/C23H28F2N2O4/c1-23(2,3)17-8-6-16(7-9-17)21(29)26-12-11-20(28)27-14-15-5-10-18(30-4)19(13-15)31-22(24)25/h5-10,13,22H,11-12,14H2,1-4H3,(H,26,29)(H,27,28). The van der Waals surface area contributed by atoms with Crippen LogP contribution in [0.3, 0.4) is 0 Å². The molecule has 2 aromatic carbocycles. The van der Waals surface area contributed by atoms with Crippen molar-refractivity contribution in [1.82, 2.24) is 10.6 Å². The van der Waals surface area contributed by atoms with Crippen LogP contribution in [0, 0.1) is 0 Å². The number of alkyl halides is 2. The molecule has 6 nitrogen and oxygen atoms in total. The molecule has 0 aromatic heterocycles. The van der Waals surface area contributed by atoms with Crippen LogP contribution >= 0.6 is 0 Å². The minimum atomic E-state index is -2.98. The number of hydrogen-bond donors (Lipinski definition) is 2. The molecule has 0 saturated heterocycles. The smallest absolute Gasteiger partial charge is 0.387 e. The Morgan fingerprint density at radius 2 is 1.68 bits per heavy atom. The van der Waals surface area contributed by atoms with Crippen molar-refractivity contribution in [3.63, 3.8) is 0 Å². The maximum Gasteiger partial charge on any atom is 0.387 e. The number of amides is 2. The Morgan fingerprint density at radius 1 is 1.00 bits per heavy atom. The molecule has 0 fully saturated rings. The molecule has 2 N–H and O–H groups in total. The average Bonchev–Trinajstić information content (AvgIpc) is 2.71. The topological polar surface area (TPSA) is 76.7 Å². The Kier molecular flexibility index (Phi) is 8.36. The first kappa shape index (κ1) is 24.1. The van der Waals surface area contributed by atoms with E-state index in [1.165, 1.54) is 19.2 Å². The normalized spacial score (nSPS) is 11.2. The summed E-state index contributed by atoms with van der Waals surface area (Å²) in [4.78, 5) is 24.3. The molecule has 0 unspecified atom stereocenters. The molecular formula is C23H28F2N2O4. The van der Waals surface area contributed by atoms with Crippen molar-refractivity contribution in [3.8, 4) is 11.5 Å². The van der Waals surface area contributed by atoms with E-state index in [1.54, 1.807) is 18.2 Å². The third kappa shape index (κ3) is 7.55. The number of methoxy groups -OCH3 is 1. The number of nitrogens with one attached hydrogen (secondary N) is 2. The average molecular weight is 434 g/mol. The fraction of sp³-hybridized carbons (Fsp3) is 0.391. The molecule has 0 bridgehead atoms. The van der Waals surface area contributed by atoms with Crippen molar-refractivity contribution in [2.75, 3.05) is 13.7 Å². The van der Waals surface area contributed by atoms with Crippen molar-refractivity contribution in [2.45, 2.75) is 45.8 Å². The zero-order chi connectivity index (χ0) is 23.0. The van der Waals surface area contributed by atoms with Crippen LogP contribution in [-0.4, -0.2) is 32.1 Å². The minimum absolute atomic E-state index is 0.00330. The molecule has 0 aliphatic heterocycles. The van der Waals surface area contributed by atoms with Gasteiger partial charge < -0.3 is 20.1 Å². The van der Waals surface area contributed by atoms with Gasteiger partial charge in [0.15, 0.2) is 11.5 Å². The van der Waals surface area contributed by atoms with Crippen LogP contribution in [0.15, 0.2) is 42.5 Å². The Labute approximate surface area is 180 Å². The van der Waals surface area contributed by atoms with Gasteiger partial charge >= 0.3 is 6.61 Å². The molecule has 2 rings (SSSR count). The van der Waals surface area contributed by atoms with Crippen LogP contribution in [0.1, 0.15) is 48.7 Å². The van der Waals surface area contributed by atoms with Crippen molar-refractivity contribution in [2.24, 2.45) is 0 Å². The lowest BCUT2D eigenvalue weighted by molar-refractivity contribution is -0.121. The van der Waals surface area contributed by atoms with E-state index in [-0.39, 0.29) is 48.2 Å². The van der Waals surface area contributed by atoms with Gasteiger partial charge in [-0.15, -0.1) is 0 Å². The van der Waals surface area contributed by atoms with E-state index in [0.29, 0.717) is 11.1 Å². The summed E-state index contributed by atoms with van der Waals surface area (Å²) in [6, 6.07) is 11.9. The summed E-state index contributed by atoms with van der Waals surface area (Å²) in [7, 11) is 1.35. The first-order chi connectivity index (χ1) is 14.6. The Hall–Kier alpha value is -3.16. The maximum absolute atomic E-state index is 12.5. The van der Waals surface area contributed by atoms with Crippen molar-refractivity contribution >= 4 is 11.8 Å². The number of halogens is 2. The molecule has 0 radical (unpaired) electrons. The number of carbonyl (C=O) groups excluding carboxylic acids is 2. The molecule has 168 valence electrons. The maximum atomic E-state index is 12.5. The van der Waals surface area contributed by atoms with Crippen LogP contribution in [0.5, 0.6) is 11.5 Å². The van der Waals surface area contributed by atoms with E-state index >= 15 is 0 Å². The van der Waals surface area contributed by atoms with Gasteiger partial charge in [0.25, 0.3) is 5.91 Å². The first-order valence-corrected chi connectivity index (χ1v) is 9.87. The van der Waals surface area contributed by atoms with Gasteiger partial charge in [-0.2, -0.15) is 8.78 Å². The Bertz CT molecular complexity index is 893. The highest BCUT2D eigenvalue weighted by molar-refractivity contribution is 5.94. The SMILES string of the molecule is COc1ccc(CNC(=O)CCNC(=O)c2ccc(C(C)(C)C)cc2)cc1OC(F)F. The zero-order valence-electron chi connectivity index (χ0n) is 18.1. The second-order valence-corrected chi connectivity index (χ2v) is 7.97. The fourth-order valence-electron chi connectivity index (χ4n) is 2.82. The van der Waals surface area contributed by atoms with Gasteiger partial charge in [-0.1, -0.05) is 39.0 Å². The first-order valence-electron chi connectivity index (χ1n) is 9.87. The highest BCUT2D eigenvalue weighted by Gasteiger charge is 2.15. The van der Waals surface area contributed by atoms with Crippen LogP contribution in [0.25, 0.3) is 0 Å². The van der Waals surface area contributed by atoms with Gasteiger partial charge in [0, 0.05) is 25.1 Å². The van der Waals surface area contributed by atoms with E-state index in [4.69, 9.17) is 4.74 Å². The van der Waals surface area contributed by atoms with Crippen LogP contribution < -0.4 is 20.1 Å². The van der Waals surface area contributed by atoms with Crippen LogP contribution in [-0.2, 0) is 16.8 Å². The molecule has 0 spiro atoms. The molecule has 0 aliphatic rings.